The number of aromatic amines is 1. The Morgan fingerprint density at radius 2 is 2.27 bits per heavy atom. The van der Waals surface area contributed by atoms with Gasteiger partial charge in [-0.1, -0.05) is 12.2 Å². The zero-order valence-electron chi connectivity index (χ0n) is 7.79. The zero-order chi connectivity index (χ0) is 11.0. The van der Waals surface area contributed by atoms with Gasteiger partial charge in [0.15, 0.2) is 5.82 Å². The van der Waals surface area contributed by atoms with Crippen molar-refractivity contribution in [2.45, 2.75) is 0 Å². The van der Waals surface area contributed by atoms with Crippen LogP contribution in [0.5, 0.6) is 0 Å². The molecule has 0 fully saturated rings. The molecule has 15 heavy (non-hydrogen) atoms. The maximum Gasteiger partial charge on any atom is 0.152 e. The van der Waals surface area contributed by atoms with Crippen molar-refractivity contribution in [2.24, 2.45) is 7.05 Å². The molecule has 0 aromatic carbocycles. The van der Waals surface area contributed by atoms with Crippen molar-refractivity contribution in [3.63, 3.8) is 0 Å². The minimum absolute atomic E-state index is 0.268. The van der Waals surface area contributed by atoms with Crippen LogP contribution in [0.15, 0.2) is 22.8 Å². The Morgan fingerprint density at radius 1 is 1.53 bits per heavy atom. The second kappa shape index (κ2) is 3.86. The molecule has 0 spiro atoms. The molecule has 0 aliphatic heterocycles. The fourth-order valence-electron chi connectivity index (χ4n) is 1.22. The van der Waals surface area contributed by atoms with E-state index in [0.717, 1.165) is 0 Å². The van der Waals surface area contributed by atoms with Crippen LogP contribution < -0.4 is 0 Å². The maximum atomic E-state index is 13.5. The summed E-state index contributed by atoms with van der Waals surface area (Å²) in [4.78, 5) is 3.99. The number of aryl methyl sites for hydroxylation is 1. The first kappa shape index (κ1) is 10.5. The average Bonchev–Trinajstić information content (AvgIpc) is 2.46. The van der Waals surface area contributed by atoms with Gasteiger partial charge in [-0.25, -0.2) is 4.39 Å². The molecule has 1 N–H and O–H groups in total. The third kappa shape index (κ3) is 2.00. The topological polar surface area (TPSA) is 33.6 Å². The minimum atomic E-state index is -0.388. The van der Waals surface area contributed by atoms with Crippen molar-refractivity contribution in [1.82, 2.24) is 14.8 Å². The number of nitrogens with zero attached hydrogens (tertiary/aromatic N) is 2. The van der Waals surface area contributed by atoms with E-state index < -0.39 is 0 Å². The molecule has 0 aliphatic carbocycles. The summed E-state index contributed by atoms with van der Waals surface area (Å²) >= 11 is 8.17. The van der Waals surface area contributed by atoms with E-state index in [9.17, 15) is 4.39 Å². The predicted octanol–water partition coefficient (Wildman–Crippen LogP) is 3.05. The van der Waals surface area contributed by atoms with Gasteiger partial charge in [0, 0.05) is 23.8 Å². The van der Waals surface area contributed by atoms with Gasteiger partial charge in [-0.3, -0.25) is 14.8 Å². The number of aromatic nitrogens is 3. The van der Waals surface area contributed by atoms with Gasteiger partial charge in [0.1, 0.15) is 10.3 Å². The van der Waals surface area contributed by atoms with Gasteiger partial charge in [-0.05, 0) is 22.0 Å². The van der Waals surface area contributed by atoms with Gasteiger partial charge < -0.3 is 0 Å². The molecule has 2 rings (SSSR count). The van der Waals surface area contributed by atoms with Crippen molar-refractivity contribution in [1.29, 1.82) is 0 Å². The molecule has 6 heteroatoms. The highest BCUT2D eigenvalue weighted by Gasteiger charge is 2.09. The molecule has 2 aromatic rings. The Balaban J connectivity index is 2.59. The third-order valence-corrected chi connectivity index (χ3v) is 2.77. The molecule has 0 unspecified atom stereocenters. The normalized spacial score (nSPS) is 10.6. The number of halogens is 2. The lowest BCUT2D eigenvalue weighted by atomic mass is 10.2. The summed E-state index contributed by atoms with van der Waals surface area (Å²) in [5.41, 5.74) is 0.845. The first-order chi connectivity index (χ1) is 7.08. The molecule has 2 heterocycles. The average molecular weight is 288 g/mol. The van der Waals surface area contributed by atoms with Gasteiger partial charge in [-0.2, -0.15) is 0 Å². The summed E-state index contributed by atoms with van der Waals surface area (Å²) in [6.45, 7) is 0. The van der Waals surface area contributed by atoms with Crippen LogP contribution in [0, 0.1) is 10.5 Å². The van der Waals surface area contributed by atoms with Crippen LogP contribution in [0.2, 0.25) is 0 Å². The molecule has 0 atom stereocenters. The van der Waals surface area contributed by atoms with Gasteiger partial charge in [0.05, 0.1) is 5.69 Å². The van der Waals surface area contributed by atoms with E-state index in [2.05, 4.69) is 26.0 Å². The van der Waals surface area contributed by atoms with E-state index in [1.165, 1.54) is 6.07 Å². The van der Waals surface area contributed by atoms with Gasteiger partial charge >= 0.3 is 0 Å². The molecule has 0 saturated heterocycles. The van der Waals surface area contributed by atoms with Crippen LogP contribution in [-0.2, 0) is 7.05 Å². The number of hydrogen-bond acceptors (Lipinski definition) is 2. The van der Waals surface area contributed by atoms with E-state index in [-0.39, 0.29) is 11.5 Å². The fourth-order valence-corrected chi connectivity index (χ4v) is 1.69. The lowest BCUT2D eigenvalue weighted by Gasteiger charge is -1.99. The summed E-state index contributed by atoms with van der Waals surface area (Å²) in [5, 5.41) is 2.92. The van der Waals surface area contributed by atoms with Gasteiger partial charge in [0.2, 0.25) is 0 Å². The second-order valence-electron chi connectivity index (χ2n) is 3.05. The summed E-state index contributed by atoms with van der Waals surface area (Å²) in [7, 11) is 1.77. The zero-order valence-corrected chi connectivity index (χ0v) is 10.2. The quantitative estimate of drug-likeness (QED) is 0.818. The first-order valence-electron chi connectivity index (χ1n) is 4.15. The molecule has 0 saturated carbocycles. The Bertz CT molecular complexity index is 561. The number of pyridine rings is 1. The van der Waals surface area contributed by atoms with Crippen molar-refractivity contribution < 1.29 is 4.39 Å². The number of nitrogens with one attached hydrogen (secondary N) is 1. The highest BCUT2D eigenvalue weighted by atomic mass is 79.9. The van der Waals surface area contributed by atoms with Crippen LogP contribution in [0.4, 0.5) is 4.39 Å². The maximum absolute atomic E-state index is 13.5. The standard InChI is InChI=1S/C9H7BrFN3S/c1-14-8(15)3-7(13-14)9-6(11)2-5(10)4-12-9/h2-4,13H,1H3. The number of hydrogen-bond donors (Lipinski definition) is 1. The van der Waals surface area contributed by atoms with Crippen molar-refractivity contribution in [2.75, 3.05) is 0 Å². The summed E-state index contributed by atoms with van der Waals surface area (Å²) < 4.78 is 16.4. The van der Waals surface area contributed by atoms with Crippen molar-refractivity contribution in [3.8, 4) is 11.4 Å². The Kier molecular flexibility index (Phi) is 2.70. The highest BCUT2D eigenvalue weighted by Crippen LogP contribution is 2.21. The molecule has 78 valence electrons. The largest absolute Gasteiger partial charge is 0.295 e. The number of rotatable bonds is 1. The minimum Gasteiger partial charge on any atom is -0.295 e. The lowest BCUT2D eigenvalue weighted by Crippen LogP contribution is -1.93. The summed E-state index contributed by atoms with van der Waals surface area (Å²) in [6, 6.07) is 3.04. The highest BCUT2D eigenvalue weighted by molar-refractivity contribution is 9.10. The molecule has 0 bridgehead atoms. The molecule has 0 radical (unpaired) electrons. The van der Waals surface area contributed by atoms with Crippen molar-refractivity contribution in [3.05, 3.63) is 33.3 Å². The smallest absolute Gasteiger partial charge is 0.152 e. The summed E-state index contributed by atoms with van der Waals surface area (Å²) in [6.07, 6.45) is 1.54. The van der Waals surface area contributed by atoms with E-state index in [0.29, 0.717) is 14.8 Å². The van der Waals surface area contributed by atoms with E-state index >= 15 is 0 Å². The molecule has 2 aromatic heterocycles. The van der Waals surface area contributed by atoms with Crippen LogP contribution in [-0.4, -0.2) is 14.8 Å². The van der Waals surface area contributed by atoms with Crippen molar-refractivity contribution >= 4 is 28.1 Å². The second-order valence-corrected chi connectivity index (χ2v) is 4.38. The molecular weight excluding hydrogens is 281 g/mol. The van der Waals surface area contributed by atoms with Crippen LogP contribution in [0.3, 0.4) is 0 Å². The molecule has 0 amide bonds. The third-order valence-electron chi connectivity index (χ3n) is 1.95. The van der Waals surface area contributed by atoms with E-state index in [1.807, 2.05) is 0 Å². The fraction of sp³-hybridized carbons (Fsp3) is 0.111. The van der Waals surface area contributed by atoms with Crippen LogP contribution in [0.25, 0.3) is 11.4 Å². The van der Waals surface area contributed by atoms with Gasteiger partial charge in [0.25, 0.3) is 0 Å². The molecule has 0 aliphatic rings. The lowest BCUT2D eigenvalue weighted by molar-refractivity contribution is 0.623. The Hall–Kier alpha value is -1.01. The van der Waals surface area contributed by atoms with E-state index in [4.69, 9.17) is 12.2 Å². The van der Waals surface area contributed by atoms with E-state index in [1.54, 1.807) is 24.0 Å². The van der Waals surface area contributed by atoms with Crippen LogP contribution in [0.1, 0.15) is 0 Å². The Morgan fingerprint density at radius 3 is 2.80 bits per heavy atom. The Labute approximate surface area is 99.1 Å². The van der Waals surface area contributed by atoms with Gasteiger partial charge in [-0.15, -0.1) is 0 Å². The SMILES string of the molecule is Cn1[nH]c(-c2ncc(Br)cc2F)cc1=S. The first-order valence-corrected chi connectivity index (χ1v) is 5.35. The van der Waals surface area contributed by atoms with Crippen LogP contribution >= 0.6 is 28.1 Å². The monoisotopic (exact) mass is 287 g/mol. The number of H-pyrrole nitrogens is 1. The molecular formula is C9H7BrFN3S. The summed E-state index contributed by atoms with van der Waals surface area (Å²) in [5.74, 6) is -0.388. The predicted molar refractivity (Wildman–Crippen MR) is 61.5 cm³/mol. The molecule has 3 nitrogen and oxygen atoms in total.